The van der Waals surface area contributed by atoms with E-state index < -0.39 is 40.0 Å². The first kappa shape index (κ1) is 26.4. The number of carboxylic acids is 1. The van der Waals surface area contributed by atoms with Gasteiger partial charge in [-0.15, -0.1) is 0 Å². The van der Waals surface area contributed by atoms with Gasteiger partial charge in [0.15, 0.2) is 0 Å². The van der Waals surface area contributed by atoms with Crippen molar-refractivity contribution in [2.75, 3.05) is 13.1 Å². The zero-order valence-corrected chi connectivity index (χ0v) is 20.5. The lowest BCUT2D eigenvalue weighted by atomic mass is 9.91. The van der Waals surface area contributed by atoms with Crippen LogP contribution >= 0.6 is 0 Å². The average molecular weight is 506 g/mol. The summed E-state index contributed by atoms with van der Waals surface area (Å²) in [6.07, 6.45) is 2.75. The van der Waals surface area contributed by atoms with E-state index in [0.29, 0.717) is 11.8 Å². The summed E-state index contributed by atoms with van der Waals surface area (Å²) >= 11 is 0. The molecule has 5 N–H and O–H groups in total. The van der Waals surface area contributed by atoms with Crippen molar-refractivity contribution in [1.82, 2.24) is 19.9 Å². The number of nitrogens with one attached hydrogen (secondary N) is 2. The number of likely N-dealkylation sites (tertiary alicyclic amines) is 1. The molecular formula is C23H31N5O6S. The summed E-state index contributed by atoms with van der Waals surface area (Å²) < 4.78 is 29.3. The van der Waals surface area contributed by atoms with Gasteiger partial charge in [-0.05, 0) is 56.2 Å². The third kappa shape index (κ3) is 6.45. The fourth-order valence-corrected chi connectivity index (χ4v) is 5.70. The molecule has 0 aliphatic carbocycles. The van der Waals surface area contributed by atoms with Crippen molar-refractivity contribution in [3.63, 3.8) is 0 Å². The van der Waals surface area contributed by atoms with Crippen LogP contribution in [-0.2, 0) is 19.6 Å². The van der Waals surface area contributed by atoms with Gasteiger partial charge in [0, 0.05) is 24.7 Å². The zero-order chi connectivity index (χ0) is 25.8. The number of aromatic nitrogens is 1. The highest BCUT2D eigenvalue weighted by Gasteiger charge is 2.39. The Morgan fingerprint density at radius 1 is 1.31 bits per heavy atom. The molecule has 1 saturated heterocycles. The Bertz CT molecular complexity index is 1220. The normalized spacial score (nSPS) is 19.3. The number of urea groups is 1. The van der Waals surface area contributed by atoms with Crippen LogP contribution in [0.5, 0.6) is 0 Å². The number of carbonyl (C=O) groups is 3. The molecule has 3 atom stereocenters. The first-order chi connectivity index (χ1) is 16.5. The maximum Gasteiger partial charge on any atom is 0.326 e. The van der Waals surface area contributed by atoms with Crippen molar-refractivity contribution < 1.29 is 27.9 Å². The first-order valence-corrected chi connectivity index (χ1v) is 12.9. The molecule has 12 heteroatoms. The monoisotopic (exact) mass is 505 g/mol. The summed E-state index contributed by atoms with van der Waals surface area (Å²) in [6, 6.07) is 3.56. The number of nitrogens with two attached hydrogens (primary N) is 1. The third-order valence-corrected chi connectivity index (χ3v) is 7.60. The lowest BCUT2D eigenvalue weighted by molar-refractivity contribution is -0.153. The SMILES string of the molecule is Cc1cnc2c(S(=O)(=O)N[C@@H](CCCNC(N)=O)C(=O)N3CC[C@@H](C)C[C@@H]3C(=O)O)cccc2c1. The average Bonchev–Trinajstić information content (AvgIpc) is 2.79. The van der Waals surface area contributed by atoms with Crippen LogP contribution in [-0.4, -0.2) is 66.5 Å². The molecule has 0 bridgehead atoms. The number of pyridine rings is 1. The van der Waals surface area contributed by atoms with E-state index in [1.54, 1.807) is 18.3 Å². The molecule has 3 amide bonds. The molecule has 0 spiro atoms. The molecule has 0 radical (unpaired) electrons. The summed E-state index contributed by atoms with van der Waals surface area (Å²) in [5.74, 6) is -1.62. The Hall–Kier alpha value is -3.25. The zero-order valence-electron chi connectivity index (χ0n) is 19.7. The second-order valence-electron chi connectivity index (χ2n) is 8.96. The number of hydrogen-bond donors (Lipinski definition) is 4. The predicted molar refractivity (Wildman–Crippen MR) is 129 cm³/mol. The Labute approximate surface area is 204 Å². The number of amides is 3. The minimum absolute atomic E-state index is 0.0358. The number of para-hydroxylation sites is 1. The van der Waals surface area contributed by atoms with Crippen molar-refractivity contribution in [3.8, 4) is 0 Å². The minimum Gasteiger partial charge on any atom is -0.480 e. The van der Waals surface area contributed by atoms with E-state index in [0.717, 1.165) is 5.56 Å². The van der Waals surface area contributed by atoms with Crippen LogP contribution in [0.15, 0.2) is 35.4 Å². The highest BCUT2D eigenvalue weighted by Crippen LogP contribution is 2.26. The van der Waals surface area contributed by atoms with Crippen LogP contribution in [0.3, 0.4) is 0 Å². The van der Waals surface area contributed by atoms with E-state index in [9.17, 15) is 27.9 Å². The summed E-state index contributed by atoms with van der Waals surface area (Å²) in [5.41, 5.74) is 6.22. The number of carbonyl (C=O) groups excluding carboxylic acids is 2. The van der Waals surface area contributed by atoms with Gasteiger partial charge in [0.2, 0.25) is 15.9 Å². The Balaban J connectivity index is 1.91. The molecule has 1 aliphatic heterocycles. The van der Waals surface area contributed by atoms with Crippen LogP contribution in [0.4, 0.5) is 4.79 Å². The van der Waals surface area contributed by atoms with Gasteiger partial charge in [0.25, 0.3) is 0 Å². The third-order valence-electron chi connectivity index (χ3n) is 6.10. The van der Waals surface area contributed by atoms with Gasteiger partial charge in [-0.25, -0.2) is 18.0 Å². The summed E-state index contributed by atoms with van der Waals surface area (Å²) in [6.45, 7) is 4.11. The molecule has 35 heavy (non-hydrogen) atoms. The first-order valence-electron chi connectivity index (χ1n) is 11.4. The van der Waals surface area contributed by atoms with Crippen LogP contribution in [0.2, 0.25) is 0 Å². The molecular weight excluding hydrogens is 474 g/mol. The number of aryl methyl sites for hydroxylation is 1. The second-order valence-corrected chi connectivity index (χ2v) is 10.6. The molecule has 11 nitrogen and oxygen atoms in total. The van der Waals surface area contributed by atoms with Gasteiger partial charge >= 0.3 is 12.0 Å². The Kier molecular flexibility index (Phi) is 8.28. The van der Waals surface area contributed by atoms with Gasteiger partial charge in [-0.1, -0.05) is 19.1 Å². The topological polar surface area (TPSA) is 172 Å². The molecule has 190 valence electrons. The number of rotatable bonds is 9. The van der Waals surface area contributed by atoms with Gasteiger partial charge in [0.1, 0.15) is 17.0 Å². The van der Waals surface area contributed by atoms with Crippen LogP contribution in [0, 0.1) is 12.8 Å². The van der Waals surface area contributed by atoms with E-state index in [1.165, 1.54) is 11.0 Å². The van der Waals surface area contributed by atoms with Crippen molar-refractivity contribution in [2.45, 2.75) is 56.5 Å². The number of benzene rings is 1. The molecule has 1 aliphatic rings. The molecule has 2 aromatic rings. The number of carboxylic acid groups (broad SMARTS) is 1. The molecule has 3 rings (SSSR count). The number of primary amides is 1. The number of sulfonamides is 1. The fourth-order valence-electron chi connectivity index (χ4n) is 4.30. The van der Waals surface area contributed by atoms with E-state index in [4.69, 9.17) is 5.73 Å². The maximum atomic E-state index is 13.5. The Morgan fingerprint density at radius 3 is 2.74 bits per heavy atom. The van der Waals surface area contributed by atoms with E-state index >= 15 is 0 Å². The van der Waals surface area contributed by atoms with Crippen LogP contribution in [0.25, 0.3) is 10.9 Å². The smallest absolute Gasteiger partial charge is 0.326 e. The molecule has 2 heterocycles. The number of nitrogens with zero attached hydrogens (tertiary/aromatic N) is 2. The molecule has 0 saturated carbocycles. The lowest BCUT2D eigenvalue weighted by Crippen LogP contribution is -2.56. The summed E-state index contributed by atoms with van der Waals surface area (Å²) in [4.78, 5) is 41.7. The van der Waals surface area contributed by atoms with Gasteiger partial charge in [0.05, 0.1) is 5.52 Å². The van der Waals surface area contributed by atoms with E-state index in [1.807, 2.05) is 19.9 Å². The predicted octanol–water partition coefficient (Wildman–Crippen LogP) is 1.35. The van der Waals surface area contributed by atoms with Gasteiger partial charge < -0.3 is 21.1 Å². The highest BCUT2D eigenvalue weighted by molar-refractivity contribution is 7.89. The summed E-state index contributed by atoms with van der Waals surface area (Å²) in [5, 5.41) is 12.7. The van der Waals surface area contributed by atoms with Crippen LogP contribution in [0.1, 0.15) is 38.2 Å². The van der Waals surface area contributed by atoms with Gasteiger partial charge in [-0.2, -0.15) is 4.72 Å². The minimum atomic E-state index is -4.20. The second kappa shape index (κ2) is 11.0. The van der Waals surface area contributed by atoms with E-state index in [2.05, 4.69) is 15.0 Å². The number of aliphatic carboxylic acids is 1. The van der Waals surface area contributed by atoms with Crippen LogP contribution < -0.4 is 15.8 Å². The highest BCUT2D eigenvalue weighted by atomic mass is 32.2. The number of hydrogen-bond acceptors (Lipinski definition) is 6. The molecule has 1 aromatic heterocycles. The molecule has 1 aromatic carbocycles. The fraction of sp³-hybridized carbons (Fsp3) is 0.478. The number of piperidine rings is 1. The van der Waals surface area contributed by atoms with Gasteiger partial charge in [-0.3, -0.25) is 9.78 Å². The molecule has 1 fully saturated rings. The standard InChI is InChI=1S/C23H31N5O6S/c1-14-8-10-28(18(12-14)22(30)31)21(29)17(6-4-9-25-23(24)32)27-35(33,34)19-7-3-5-16-11-15(2)13-26-20(16)19/h3,5,7,11,13-14,17-18,27H,4,6,8-10,12H2,1-2H3,(H,30,31)(H3,24,25,32)/t14-,17+,18-/m1/s1. The maximum absolute atomic E-state index is 13.5. The van der Waals surface area contributed by atoms with Crippen molar-refractivity contribution in [1.29, 1.82) is 0 Å². The largest absolute Gasteiger partial charge is 0.480 e. The van der Waals surface area contributed by atoms with Crippen molar-refractivity contribution in [3.05, 3.63) is 36.0 Å². The quantitative estimate of drug-likeness (QED) is 0.372. The summed E-state index contributed by atoms with van der Waals surface area (Å²) in [7, 11) is -4.20. The van der Waals surface area contributed by atoms with Crippen molar-refractivity contribution >= 4 is 38.8 Å². The Morgan fingerprint density at radius 2 is 2.06 bits per heavy atom. The lowest BCUT2D eigenvalue weighted by Gasteiger charge is -2.38. The van der Waals surface area contributed by atoms with E-state index in [-0.39, 0.29) is 48.7 Å². The molecule has 0 unspecified atom stereocenters. The number of fused-ring (bicyclic) bond motifs is 1. The van der Waals surface area contributed by atoms with Crippen molar-refractivity contribution in [2.24, 2.45) is 11.7 Å².